The number of aliphatic hydroxyl groups is 1. The molecule has 4 rings (SSSR count). The second kappa shape index (κ2) is 10.4. The molecule has 0 aliphatic carbocycles. The van der Waals surface area contributed by atoms with Crippen LogP contribution in [-0.2, 0) is 12.1 Å². The number of nitrogens with one attached hydrogen (secondary N) is 1. The third-order valence-electron chi connectivity index (χ3n) is 6.01. The minimum atomic E-state index is -0.816. The van der Waals surface area contributed by atoms with Crippen LogP contribution in [0.3, 0.4) is 0 Å². The summed E-state index contributed by atoms with van der Waals surface area (Å²) in [5.41, 5.74) is 1.74. The number of benzene rings is 3. The van der Waals surface area contributed by atoms with Gasteiger partial charge in [0.2, 0.25) is 0 Å². The molecule has 2 N–H and O–H groups in total. The molecule has 34 heavy (non-hydrogen) atoms. The van der Waals surface area contributed by atoms with E-state index in [1.807, 2.05) is 67.6 Å². The summed E-state index contributed by atoms with van der Waals surface area (Å²) in [5, 5.41) is 13.6. The first-order valence-electron chi connectivity index (χ1n) is 11.4. The smallest absolute Gasteiger partial charge is 0.349 e. The molecule has 0 fully saturated rings. The fraction of sp³-hybridized carbons (Fsp3) is 0.214. The summed E-state index contributed by atoms with van der Waals surface area (Å²) in [5.74, 6) is 1.20. The van der Waals surface area contributed by atoms with Crippen LogP contribution < -0.4 is 15.7 Å². The fourth-order valence-electron chi connectivity index (χ4n) is 4.12. The van der Waals surface area contributed by atoms with Gasteiger partial charge in [0, 0.05) is 6.20 Å². The molecule has 6 heteroatoms. The van der Waals surface area contributed by atoms with Crippen LogP contribution in [0.2, 0.25) is 0 Å². The van der Waals surface area contributed by atoms with Crippen molar-refractivity contribution in [3.8, 4) is 5.75 Å². The zero-order valence-corrected chi connectivity index (χ0v) is 19.4. The van der Waals surface area contributed by atoms with Gasteiger partial charge in [-0.3, -0.25) is 4.57 Å². The minimum absolute atomic E-state index is 0.212. The van der Waals surface area contributed by atoms with Crippen LogP contribution >= 0.6 is 0 Å². The van der Waals surface area contributed by atoms with Crippen LogP contribution in [0.5, 0.6) is 5.75 Å². The highest BCUT2D eigenvalue weighted by atomic mass is 16.5. The van der Waals surface area contributed by atoms with Gasteiger partial charge in [-0.15, -0.1) is 0 Å². The second-order valence-corrected chi connectivity index (χ2v) is 8.15. The average Bonchev–Trinajstić information content (AvgIpc) is 2.90. The van der Waals surface area contributed by atoms with Gasteiger partial charge in [-0.05, 0) is 41.3 Å². The Kier molecular flexibility index (Phi) is 7.09. The van der Waals surface area contributed by atoms with Gasteiger partial charge >= 0.3 is 5.69 Å². The van der Waals surface area contributed by atoms with Gasteiger partial charge in [0.1, 0.15) is 17.1 Å². The van der Waals surface area contributed by atoms with Crippen LogP contribution in [0.15, 0.2) is 102 Å². The van der Waals surface area contributed by atoms with Crippen molar-refractivity contribution in [2.24, 2.45) is 0 Å². The lowest BCUT2D eigenvalue weighted by molar-refractivity contribution is 0.148. The molecular weight excluding hydrogens is 426 g/mol. The molecule has 0 aliphatic heterocycles. The van der Waals surface area contributed by atoms with Crippen LogP contribution in [0.1, 0.15) is 30.0 Å². The van der Waals surface area contributed by atoms with E-state index in [1.54, 1.807) is 19.4 Å². The Bertz CT molecular complexity index is 1220. The first-order chi connectivity index (χ1) is 16.6. The van der Waals surface area contributed by atoms with Gasteiger partial charge in [0.15, 0.2) is 0 Å². The molecule has 6 nitrogen and oxygen atoms in total. The highest BCUT2D eigenvalue weighted by molar-refractivity contribution is 5.58. The average molecular weight is 456 g/mol. The molecular formula is C28H29N3O3. The van der Waals surface area contributed by atoms with E-state index in [2.05, 4.69) is 34.6 Å². The molecule has 0 aliphatic rings. The van der Waals surface area contributed by atoms with E-state index in [-0.39, 0.29) is 6.54 Å². The summed E-state index contributed by atoms with van der Waals surface area (Å²) in [7, 11) is 1.64. The summed E-state index contributed by atoms with van der Waals surface area (Å²) >= 11 is 0. The Morgan fingerprint density at radius 2 is 1.47 bits per heavy atom. The summed E-state index contributed by atoms with van der Waals surface area (Å²) in [6.45, 7) is 2.09. The summed E-state index contributed by atoms with van der Waals surface area (Å²) < 4.78 is 6.81. The first kappa shape index (κ1) is 23.3. The molecule has 1 heterocycles. The molecule has 0 unspecified atom stereocenters. The Hall–Kier alpha value is -3.90. The summed E-state index contributed by atoms with van der Waals surface area (Å²) in [4.78, 5) is 17.1. The Morgan fingerprint density at radius 1 is 0.912 bits per heavy atom. The van der Waals surface area contributed by atoms with Gasteiger partial charge in [-0.1, -0.05) is 79.7 Å². The third-order valence-corrected chi connectivity index (χ3v) is 6.01. The predicted molar refractivity (Wildman–Crippen MR) is 134 cm³/mol. The molecule has 0 radical (unpaired) electrons. The molecule has 1 aromatic heterocycles. The second-order valence-electron chi connectivity index (χ2n) is 8.15. The third kappa shape index (κ3) is 4.72. The highest BCUT2D eigenvalue weighted by Gasteiger charge is 2.37. The molecule has 0 amide bonds. The van der Waals surface area contributed by atoms with Crippen molar-refractivity contribution in [1.82, 2.24) is 9.55 Å². The molecule has 1 atom stereocenters. The molecule has 0 saturated heterocycles. The standard InChI is InChI=1S/C28H29N3O3/c1-3-24(32)20-31-19-18-26(29-27(31)33)30-28(21-10-6-4-7-11-21,22-12-8-5-9-13-22)23-14-16-25(34-2)17-15-23/h4-19,24,32H,3,20H2,1-2H3,(H,29,30,33)/t24-/m1/s1. The number of methoxy groups -OCH3 is 1. The molecule has 0 spiro atoms. The van der Waals surface area contributed by atoms with Crippen molar-refractivity contribution in [3.05, 3.63) is 124 Å². The van der Waals surface area contributed by atoms with Crippen molar-refractivity contribution < 1.29 is 9.84 Å². The Balaban J connectivity index is 1.88. The molecule has 0 saturated carbocycles. The molecule has 3 aromatic carbocycles. The SMILES string of the molecule is CC[C@@H](O)Cn1ccc(NC(c2ccccc2)(c2ccccc2)c2ccc(OC)cc2)nc1=O. The van der Waals surface area contributed by atoms with Gasteiger partial charge < -0.3 is 15.2 Å². The van der Waals surface area contributed by atoms with E-state index in [4.69, 9.17) is 4.74 Å². The largest absolute Gasteiger partial charge is 0.497 e. The number of hydrogen-bond donors (Lipinski definition) is 2. The van der Waals surface area contributed by atoms with Gasteiger partial charge in [0.05, 0.1) is 19.8 Å². The Morgan fingerprint density at radius 3 is 1.97 bits per heavy atom. The van der Waals surface area contributed by atoms with E-state index in [1.165, 1.54) is 4.57 Å². The Labute approximate surface area is 199 Å². The van der Waals surface area contributed by atoms with Crippen molar-refractivity contribution in [2.45, 2.75) is 31.5 Å². The maximum atomic E-state index is 12.8. The fourth-order valence-corrected chi connectivity index (χ4v) is 4.12. The van der Waals surface area contributed by atoms with E-state index in [0.29, 0.717) is 12.2 Å². The quantitative estimate of drug-likeness (QED) is 0.365. The van der Waals surface area contributed by atoms with Crippen molar-refractivity contribution >= 4 is 5.82 Å². The molecule has 0 bridgehead atoms. The summed E-state index contributed by atoms with van der Waals surface area (Å²) in [6.07, 6.45) is 1.64. The maximum Gasteiger partial charge on any atom is 0.349 e. The van der Waals surface area contributed by atoms with Crippen LogP contribution in [0.25, 0.3) is 0 Å². The van der Waals surface area contributed by atoms with Crippen molar-refractivity contribution in [1.29, 1.82) is 0 Å². The summed E-state index contributed by atoms with van der Waals surface area (Å²) in [6, 6.07) is 29.8. The molecule has 4 aromatic rings. The zero-order valence-electron chi connectivity index (χ0n) is 19.4. The van der Waals surface area contributed by atoms with Gasteiger partial charge in [-0.2, -0.15) is 4.98 Å². The lowest BCUT2D eigenvalue weighted by Crippen LogP contribution is -2.39. The van der Waals surface area contributed by atoms with E-state index >= 15 is 0 Å². The maximum absolute atomic E-state index is 12.8. The van der Waals surface area contributed by atoms with Gasteiger partial charge in [-0.25, -0.2) is 4.79 Å². The van der Waals surface area contributed by atoms with Gasteiger partial charge in [0.25, 0.3) is 0 Å². The number of hydrogen-bond acceptors (Lipinski definition) is 5. The normalized spacial score (nSPS) is 12.2. The topological polar surface area (TPSA) is 76.4 Å². The number of ether oxygens (including phenoxy) is 1. The number of aliphatic hydroxyl groups excluding tert-OH is 1. The zero-order chi connectivity index (χ0) is 24.0. The van der Waals surface area contributed by atoms with Crippen LogP contribution in [0, 0.1) is 0 Å². The lowest BCUT2D eigenvalue weighted by Gasteiger charge is -2.37. The van der Waals surface area contributed by atoms with E-state index < -0.39 is 17.3 Å². The number of rotatable bonds is 9. The van der Waals surface area contributed by atoms with E-state index in [0.717, 1.165) is 22.4 Å². The van der Waals surface area contributed by atoms with Crippen LogP contribution in [-0.4, -0.2) is 27.9 Å². The monoisotopic (exact) mass is 455 g/mol. The predicted octanol–water partition coefficient (Wildman–Crippen LogP) is 4.43. The number of nitrogens with zero attached hydrogens (tertiary/aromatic N) is 2. The highest BCUT2D eigenvalue weighted by Crippen LogP contribution is 2.40. The number of anilines is 1. The van der Waals surface area contributed by atoms with Crippen molar-refractivity contribution in [2.75, 3.05) is 12.4 Å². The van der Waals surface area contributed by atoms with E-state index in [9.17, 15) is 9.90 Å². The first-order valence-corrected chi connectivity index (χ1v) is 11.4. The minimum Gasteiger partial charge on any atom is -0.497 e. The number of aromatic nitrogens is 2. The van der Waals surface area contributed by atoms with Crippen molar-refractivity contribution in [3.63, 3.8) is 0 Å². The lowest BCUT2D eigenvalue weighted by atomic mass is 9.77. The van der Waals surface area contributed by atoms with Crippen LogP contribution in [0.4, 0.5) is 5.82 Å². The molecule has 174 valence electrons.